The van der Waals surface area contributed by atoms with E-state index in [-0.39, 0.29) is 24.6 Å². The Morgan fingerprint density at radius 2 is 2.00 bits per heavy atom. The number of carbonyl (C=O) groups is 2. The van der Waals surface area contributed by atoms with E-state index in [0.717, 1.165) is 4.90 Å². The molecule has 0 spiro atoms. The van der Waals surface area contributed by atoms with Gasteiger partial charge in [0.05, 0.1) is 12.3 Å². The molecule has 0 saturated carbocycles. The van der Waals surface area contributed by atoms with Gasteiger partial charge in [-0.15, -0.1) is 0 Å². The van der Waals surface area contributed by atoms with E-state index in [1.807, 2.05) is 0 Å². The fraction of sp³-hybridized carbons (Fsp3) is 0.273. The van der Waals surface area contributed by atoms with Crippen LogP contribution in [0.2, 0.25) is 0 Å². The van der Waals surface area contributed by atoms with Gasteiger partial charge >= 0.3 is 11.8 Å². The average molecular weight is 238 g/mol. The third kappa shape index (κ3) is 3.46. The average Bonchev–Trinajstić information content (AvgIpc) is 2.31. The number of nitrogens with one attached hydrogen (secondary N) is 1. The van der Waals surface area contributed by atoms with Crippen LogP contribution in [0.1, 0.15) is 0 Å². The number of likely N-dealkylation sites (N-methyl/N-ethyl adjacent to an activating group) is 1. The normalized spacial score (nSPS) is 9.76. The van der Waals surface area contributed by atoms with Gasteiger partial charge in [-0.2, -0.15) is 0 Å². The van der Waals surface area contributed by atoms with Gasteiger partial charge in [-0.3, -0.25) is 9.59 Å². The lowest BCUT2D eigenvalue weighted by Gasteiger charge is -2.15. The minimum Gasteiger partial charge on any atom is -0.506 e. The van der Waals surface area contributed by atoms with Crippen molar-refractivity contribution in [2.24, 2.45) is 0 Å². The number of nitrogens with zero attached hydrogens (tertiary/aromatic N) is 1. The van der Waals surface area contributed by atoms with Crippen molar-refractivity contribution in [3.63, 3.8) is 0 Å². The summed E-state index contributed by atoms with van der Waals surface area (Å²) in [6.45, 7) is -0.140. The number of phenols is 1. The fourth-order valence-corrected chi connectivity index (χ4v) is 1.18. The molecule has 92 valence electrons. The molecule has 0 radical (unpaired) electrons. The van der Waals surface area contributed by atoms with Crippen molar-refractivity contribution in [1.82, 2.24) is 4.90 Å². The standard InChI is InChI=1S/C11H14N2O4/c1-13(6-7-14)11(17)10(16)12-8-4-2-3-5-9(8)15/h2-5,14-15H,6-7H2,1H3,(H,12,16). The van der Waals surface area contributed by atoms with Gasteiger partial charge in [-0.25, -0.2) is 0 Å². The maximum atomic E-state index is 11.5. The highest BCUT2D eigenvalue weighted by atomic mass is 16.3. The number of hydrogen-bond donors (Lipinski definition) is 3. The van der Waals surface area contributed by atoms with E-state index >= 15 is 0 Å². The molecule has 0 aliphatic rings. The van der Waals surface area contributed by atoms with Crippen LogP contribution < -0.4 is 5.32 Å². The first kappa shape index (κ1) is 13.0. The SMILES string of the molecule is CN(CCO)C(=O)C(=O)Nc1ccccc1O. The molecule has 0 aliphatic carbocycles. The smallest absolute Gasteiger partial charge is 0.313 e. The molecule has 0 bridgehead atoms. The molecule has 0 fully saturated rings. The minimum atomic E-state index is -0.859. The summed E-state index contributed by atoms with van der Waals surface area (Å²) in [6, 6.07) is 6.10. The van der Waals surface area contributed by atoms with Crippen LogP contribution in [0.25, 0.3) is 0 Å². The molecule has 0 saturated heterocycles. The van der Waals surface area contributed by atoms with Crippen LogP contribution in [0.4, 0.5) is 5.69 Å². The Hall–Kier alpha value is -2.08. The molecule has 1 aromatic carbocycles. The van der Waals surface area contributed by atoms with E-state index in [9.17, 15) is 14.7 Å². The number of rotatable bonds is 3. The first-order valence-electron chi connectivity index (χ1n) is 5.01. The number of anilines is 1. The summed E-state index contributed by atoms with van der Waals surface area (Å²) in [7, 11) is 1.41. The van der Waals surface area contributed by atoms with Crippen LogP contribution in [0, 0.1) is 0 Å². The van der Waals surface area contributed by atoms with Gasteiger partial charge < -0.3 is 20.4 Å². The van der Waals surface area contributed by atoms with Crippen molar-refractivity contribution in [3.8, 4) is 5.75 Å². The number of amides is 2. The van der Waals surface area contributed by atoms with Crippen LogP contribution in [0.15, 0.2) is 24.3 Å². The molecule has 0 heterocycles. The molecular formula is C11H14N2O4. The minimum absolute atomic E-state index is 0.0764. The second-order valence-corrected chi connectivity index (χ2v) is 3.42. The lowest BCUT2D eigenvalue weighted by Crippen LogP contribution is -2.38. The van der Waals surface area contributed by atoms with Crippen LogP contribution in [-0.4, -0.2) is 47.1 Å². The number of aliphatic hydroxyl groups excluding tert-OH is 1. The fourth-order valence-electron chi connectivity index (χ4n) is 1.18. The molecule has 0 unspecified atom stereocenters. The van der Waals surface area contributed by atoms with E-state index in [1.54, 1.807) is 12.1 Å². The Labute approximate surface area is 98.5 Å². The lowest BCUT2D eigenvalue weighted by atomic mass is 10.3. The quantitative estimate of drug-likeness (QED) is 0.501. The molecule has 6 heteroatoms. The number of phenolic OH excluding ortho intramolecular Hbond substituents is 1. The first-order valence-corrected chi connectivity index (χ1v) is 5.01. The highest BCUT2D eigenvalue weighted by Crippen LogP contribution is 2.21. The van der Waals surface area contributed by atoms with Gasteiger partial charge in [0, 0.05) is 13.6 Å². The van der Waals surface area contributed by atoms with Gasteiger partial charge in [0.1, 0.15) is 5.75 Å². The molecule has 6 nitrogen and oxygen atoms in total. The highest BCUT2D eigenvalue weighted by molar-refractivity contribution is 6.39. The Morgan fingerprint density at radius 3 is 2.59 bits per heavy atom. The molecule has 2 amide bonds. The van der Waals surface area contributed by atoms with Gasteiger partial charge in [0.25, 0.3) is 0 Å². The zero-order valence-electron chi connectivity index (χ0n) is 9.38. The van der Waals surface area contributed by atoms with Crippen molar-refractivity contribution in [3.05, 3.63) is 24.3 Å². The summed E-state index contributed by atoms with van der Waals surface area (Å²) in [4.78, 5) is 24.0. The Bertz CT molecular complexity index is 420. The van der Waals surface area contributed by atoms with Gasteiger partial charge in [0.2, 0.25) is 0 Å². The lowest BCUT2D eigenvalue weighted by molar-refractivity contribution is -0.142. The summed E-state index contributed by atoms with van der Waals surface area (Å²) in [5, 5.41) is 20.3. The largest absolute Gasteiger partial charge is 0.506 e. The molecule has 0 atom stereocenters. The zero-order chi connectivity index (χ0) is 12.8. The number of carbonyl (C=O) groups excluding carboxylic acids is 2. The highest BCUT2D eigenvalue weighted by Gasteiger charge is 2.18. The van der Waals surface area contributed by atoms with E-state index < -0.39 is 11.8 Å². The van der Waals surface area contributed by atoms with Crippen molar-refractivity contribution in [1.29, 1.82) is 0 Å². The second kappa shape index (κ2) is 5.86. The summed E-state index contributed by atoms with van der Waals surface area (Å²) in [5.41, 5.74) is 0.170. The summed E-state index contributed by atoms with van der Waals surface area (Å²) < 4.78 is 0. The summed E-state index contributed by atoms with van der Waals surface area (Å²) in [6.07, 6.45) is 0. The number of benzene rings is 1. The Morgan fingerprint density at radius 1 is 1.35 bits per heavy atom. The van der Waals surface area contributed by atoms with Crippen molar-refractivity contribution in [2.45, 2.75) is 0 Å². The first-order chi connectivity index (χ1) is 8.06. The predicted molar refractivity (Wildman–Crippen MR) is 61.5 cm³/mol. The van der Waals surface area contributed by atoms with Gasteiger partial charge in [-0.05, 0) is 12.1 Å². The van der Waals surface area contributed by atoms with Crippen LogP contribution in [-0.2, 0) is 9.59 Å². The van der Waals surface area contributed by atoms with Crippen molar-refractivity contribution >= 4 is 17.5 Å². The van der Waals surface area contributed by atoms with Crippen molar-refractivity contribution < 1.29 is 19.8 Å². The van der Waals surface area contributed by atoms with E-state index in [0.29, 0.717) is 0 Å². The van der Waals surface area contributed by atoms with Crippen molar-refractivity contribution in [2.75, 3.05) is 25.5 Å². The topological polar surface area (TPSA) is 89.9 Å². The van der Waals surface area contributed by atoms with E-state index in [4.69, 9.17) is 5.11 Å². The predicted octanol–water partition coefficient (Wildman–Crippen LogP) is -0.219. The van der Waals surface area contributed by atoms with E-state index in [2.05, 4.69) is 5.32 Å². The number of hydrogen-bond acceptors (Lipinski definition) is 4. The Kier molecular flexibility index (Phi) is 4.47. The maximum Gasteiger partial charge on any atom is 0.313 e. The monoisotopic (exact) mass is 238 g/mol. The number of aromatic hydroxyl groups is 1. The van der Waals surface area contributed by atoms with Gasteiger partial charge in [-0.1, -0.05) is 12.1 Å². The molecular weight excluding hydrogens is 224 g/mol. The van der Waals surface area contributed by atoms with Gasteiger partial charge in [0.15, 0.2) is 0 Å². The third-order valence-corrected chi connectivity index (χ3v) is 2.13. The second-order valence-electron chi connectivity index (χ2n) is 3.42. The van der Waals surface area contributed by atoms with Crippen LogP contribution >= 0.6 is 0 Å². The molecule has 0 aliphatic heterocycles. The molecule has 1 rings (SSSR count). The summed E-state index contributed by atoms with van der Waals surface area (Å²) >= 11 is 0. The molecule has 3 N–H and O–H groups in total. The third-order valence-electron chi connectivity index (χ3n) is 2.13. The number of aliphatic hydroxyl groups is 1. The zero-order valence-corrected chi connectivity index (χ0v) is 9.38. The van der Waals surface area contributed by atoms with E-state index in [1.165, 1.54) is 19.2 Å². The van der Waals surface area contributed by atoms with Crippen LogP contribution in [0.5, 0.6) is 5.75 Å². The Balaban J connectivity index is 2.67. The summed E-state index contributed by atoms with van der Waals surface area (Å²) in [5.74, 6) is -1.75. The molecule has 1 aromatic rings. The maximum absolute atomic E-state index is 11.5. The molecule has 0 aromatic heterocycles. The van der Waals surface area contributed by atoms with Crippen LogP contribution in [0.3, 0.4) is 0 Å². The molecule has 17 heavy (non-hydrogen) atoms. The number of para-hydroxylation sites is 2.